The Morgan fingerprint density at radius 3 is 2.79 bits per heavy atom. The van der Waals surface area contributed by atoms with Crippen LogP contribution in [0.1, 0.15) is 12.8 Å². The Balaban J connectivity index is 0.00000324. The fourth-order valence-corrected chi connectivity index (χ4v) is 1.88. The highest BCUT2D eigenvalue weighted by Crippen LogP contribution is 2.16. The fourth-order valence-electron chi connectivity index (χ4n) is 1.88. The molecule has 0 aliphatic carbocycles. The number of piperidine rings is 1. The van der Waals surface area contributed by atoms with Gasteiger partial charge in [-0.2, -0.15) is 0 Å². The van der Waals surface area contributed by atoms with E-state index in [4.69, 9.17) is 4.74 Å². The molecule has 2 N–H and O–H groups in total. The predicted octanol–water partition coefficient (Wildman–Crippen LogP) is -0.371. The second-order valence-electron chi connectivity index (χ2n) is 4.54. The van der Waals surface area contributed by atoms with Crippen LogP contribution in [-0.2, 0) is 14.3 Å². The van der Waals surface area contributed by atoms with Gasteiger partial charge in [0, 0.05) is 52.7 Å². The summed E-state index contributed by atoms with van der Waals surface area (Å²) in [6, 6.07) is 0. The van der Waals surface area contributed by atoms with Crippen LogP contribution in [0.15, 0.2) is 0 Å². The quantitative estimate of drug-likeness (QED) is 0.628. The van der Waals surface area contributed by atoms with Crippen molar-refractivity contribution in [3.63, 3.8) is 0 Å². The summed E-state index contributed by atoms with van der Waals surface area (Å²) < 4.78 is 4.89. The van der Waals surface area contributed by atoms with Gasteiger partial charge in [-0.25, -0.2) is 0 Å². The molecule has 19 heavy (non-hydrogen) atoms. The molecule has 1 heterocycles. The molecule has 1 saturated heterocycles. The second-order valence-corrected chi connectivity index (χ2v) is 4.54. The van der Waals surface area contributed by atoms with Crippen molar-refractivity contribution in [2.45, 2.75) is 12.8 Å². The number of ether oxygens (including phenoxy) is 1. The van der Waals surface area contributed by atoms with Gasteiger partial charge in [0.15, 0.2) is 0 Å². The zero-order valence-electron chi connectivity index (χ0n) is 11.6. The highest BCUT2D eigenvalue weighted by Gasteiger charge is 2.28. The fraction of sp³-hybridized carbons (Fsp3) is 0.833. The second kappa shape index (κ2) is 10.00. The Labute approximate surface area is 120 Å². The minimum atomic E-state index is -0.160. The summed E-state index contributed by atoms with van der Waals surface area (Å²) >= 11 is 0. The van der Waals surface area contributed by atoms with Crippen molar-refractivity contribution in [2.24, 2.45) is 5.92 Å². The normalized spacial score (nSPS) is 18.9. The van der Waals surface area contributed by atoms with E-state index in [2.05, 4.69) is 10.6 Å². The average molecular weight is 294 g/mol. The van der Waals surface area contributed by atoms with E-state index >= 15 is 0 Å². The lowest BCUT2D eigenvalue weighted by Crippen LogP contribution is -2.43. The standard InChI is InChI=1S/C12H23N3O3.ClH/c1-15-7-3-10(9-11(15)16)12(17)14-5-4-13-6-8-18-2;/h10,13H,3-9H2,1-2H3,(H,14,17);1H. The number of carbonyl (C=O) groups excluding carboxylic acids is 2. The number of rotatable bonds is 7. The van der Waals surface area contributed by atoms with Crippen molar-refractivity contribution in [3.8, 4) is 0 Å². The van der Waals surface area contributed by atoms with E-state index in [9.17, 15) is 9.59 Å². The van der Waals surface area contributed by atoms with Crippen molar-refractivity contribution in [3.05, 3.63) is 0 Å². The molecule has 0 saturated carbocycles. The van der Waals surface area contributed by atoms with Gasteiger partial charge < -0.3 is 20.3 Å². The molecule has 1 fully saturated rings. The minimum Gasteiger partial charge on any atom is -0.383 e. The first-order chi connectivity index (χ1) is 8.65. The molecule has 0 aromatic carbocycles. The largest absolute Gasteiger partial charge is 0.383 e. The van der Waals surface area contributed by atoms with Crippen molar-refractivity contribution >= 4 is 24.2 Å². The van der Waals surface area contributed by atoms with E-state index in [1.54, 1.807) is 19.1 Å². The van der Waals surface area contributed by atoms with Gasteiger partial charge in [0.25, 0.3) is 0 Å². The van der Waals surface area contributed by atoms with Crippen LogP contribution in [0.3, 0.4) is 0 Å². The van der Waals surface area contributed by atoms with Gasteiger partial charge in [0.2, 0.25) is 11.8 Å². The lowest BCUT2D eigenvalue weighted by atomic mass is 9.96. The molecule has 2 amide bonds. The molecule has 112 valence electrons. The maximum atomic E-state index is 11.8. The number of hydrogen-bond donors (Lipinski definition) is 2. The highest BCUT2D eigenvalue weighted by atomic mass is 35.5. The zero-order valence-corrected chi connectivity index (χ0v) is 12.4. The third-order valence-corrected chi connectivity index (χ3v) is 3.11. The minimum absolute atomic E-state index is 0. The molecule has 0 radical (unpaired) electrons. The molecule has 1 atom stereocenters. The van der Waals surface area contributed by atoms with Gasteiger partial charge in [0.1, 0.15) is 0 Å². The van der Waals surface area contributed by atoms with Crippen LogP contribution < -0.4 is 10.6 Å². The van der Waals surface area contributed by atoms with Crippen molar-refractivity contribution in [1.82, 2.24) is 15.5 Å². The Morgan fingerprint density at radius 1 is 1.42 bits per heavy atom. The molecule has 0 aromatic rings. The first-order valence-corrected chi connectivity index (χ1v) is 6.36. The summed E-state index contributed by atoms with van der Waals surface area (Å²) in [5, 5.41) is 6.00. The number of nitrogens with zero attached hydrogens (tertiary/aromatic N) is 1. The summed E-state index contributed by atoms with van der Waals surface area (Å²) in [6.07, 6.45) is 1.09. The van der Waals surface area contributed by atoms with E-state index in [1.807, 2.05) is 0 Å². The SMILES string of the molecule is COCCNCCNC(=O)C1CCN(C)C(=O)C1.Cl. The van der Waals surface area contributed by atoms with Crippen LogP contribution in [-0.4, -0.2) is 63.7 Å². The Bertz CT molecular complexity index is 289. The van der Waals surface area contributed by atoms with Crippen LogP contribution >= 0.6 is 12.4 Å². The van der Waals surface area contributed by atoms with Gasteiger partial charge in [0.05, 0.1) is 6.61 Å². The lowest BCUT2D eigenvalue weighted by Gasteiger charge is -2.27. The Hall–Kier alpha value is -0.850. The molecule has 0 spiro atoms. The number of halogens is 1. The van der Waals surface area contributed by atoms with Crippen LogP contribution in [0.2, 0.25) is 0 Å². The first-order valence-electron chi connectivity index (χ1n) is 6.36. The lowest BCUT2D eigenvalue weighted by molar-refractivity contribution is -0.139. The highest BCUT2D eigenvalue weighted by molar-refractivity contribution is 5.86. The number of carbonyl (C=O) groups is 2. The number of likely N-dealkylation sites (tertiary alicyclic amines) is 1. The number of amides is 2. The van der Waals surface area contributed by atoms with E-state index in [0.717, 1.165) is 19.5 Å². The molecule has 7 heteroatoms. The summed E-state index contributed by atoms with van der Waals surface area (Å²) in [5.41, 5.74) is 0. The van der Waals surface area contributed by atoms with Crippen LogP contribution in [0, 0.1) is 5.92 Å². The van der Waals surface area contributed by atoms with Crippen LogP contribution in [0.25, 0.3) is 0 Å². The smallest absolute Gasteiger partial charge is 0.223 e. The van der Waals surface area contributed by atoms with Gasteiger partial charge in [-0.3, -0.25) is 9.59 Å². The number of methoxy groups -OCH3 is 1. The number of nitrogens with one attached hydrogen (secondary N) is 2. The third-order valence-electron chi connectivity index (χ3n) is 3.11. The van der Waals surface area contributed by atoms with E-state index in [-0.39, 0.29) is 30.1 Å². The number of hydrogen-bond acceptors (Lipinski definition) is 4. The van der Waals surface area contributed by atoms with Gasteiger partial charge in [-0.1, -0.05) is 0 Å². The molecule has 1 aliphatic rings. The molecule has 6 nitrogen and oxygen atoms in total. The van der Waals surface area contributed by atoms with Crippen LogP contribution in [0.4, 0.5) is 0 Å². The maximum absolute atomic E-state index is 11.8. The van der Waals surface area contributed by atoms with Crippen molar-refractivity contribution in [1.29, 1.82) is 0 Å². The van der Waals surface area contributed by atoms with E-state index < -0.39 is 0 Å². The summed E-state index contributed by atoms with van der Waals surface area (Å²) in [4.78, 5) is 25.0. The molecule has 1 rings (SSSR count). The van der Waals surface area contributed by atoms with Gasteiger partial charge in [-0.15, -0.1) is 12.4 Å². The van der Waals surface area contributed by atoms with Crippen molar-refractivity contribution < 1.29 is 14.3 Å². The molecular formula is C12H24ClN3O3. The van der Waals surface area contributed by atoms with Gasteiger partial charge in [-0.05, 0) is 6.42 Å². The van der Waals surface area contributed by atoms with Crippen LogP contribution in [0.5, 0.6) is 0 Å². The molecule has 1 aliphatic heterocycles. The van der Waals surface area contributed by atoms with Crippen molar-refractivity contribution in [2.75, 3.05) is 46.9 Å². The summed E-state index contributed by atoms with van der Waals surface area (Å²) in [7, 11) is 3.43. The predicted molar refractivity (Wildman–Crippen MR) is 75.4 cm³/mol. The first kappa shape index (κ1) is 18.1. The molecule has 0 aromatic heterocycles. The maximum Gasteiger partial charge on any atom is 0.223 e. The Morgan fingerprint density at radius 2 is 2.16 bits per heavy atom. The monoisotopic (exact) mass is 293 g/mol. The van der Waals surface area contributed by atoms with Gasteiger partial charge >= 0.3 is 0 Å². The Kier molecular flexibility index (Phi) is 9.55. The third kappa shape index (κ3) is 6.75. The molecular weight excluding hydrogens is 270 g/mol. The topological polar surface area (TPSA) is 70.7 Å². The van der Waals surface area contributed by atoms with E-state index in [0.29, 0.717) is 26.1 Å². The average Bonchev–Trinajstić information content (AvgIpc) is 2.36. The summed E-state index contributed by atoms with van der Waals surface area (Å²) in [6.45, 7) is 3.41. The zero-order chi connectivity index (χ0) is 13.4. The molecule has 1 unspecified atom stereocenters. The summed E-state index contributed by atoms with van der Waals surface area (Å²) in [5.74, 6) is -0.114. The van der Waals surface area contributed by atoms with E-state index in [1.165, 1.54) is 0 Å². The molecule has 0 bridgehead atoms.